The minimum absolute atomic E-state index is 0.173. The molecule has 5 heteroatoms. The number of benzene rings is 2. The number of aliphatic carboxylic acids is 1. The third kappa shape index (κ3) is 4.03. The van der Waals surface area contributed by atoms with Crippen molar-refractivity contribution >= 4 is 5.97 Å². The molecule has 0 fully saturated rings. The third-order valence-electron chi connectivity index (χ3n) is 4.79. The first-order valence-electron chi connectivity index (χ1n) is 8.35. The Balaban J connectivity index is 1.83. The highest BCUT2D eigenvalue weighted by Gasteiger charge is 2.30. The largest absolute Gasteiger partial charge is 0.481 e. The van der Waals surface area contributed by atoms with Gasteiger partial charge in [0.2, 0.25) is 0 Å². The van der Waals surface area contributed by atoms with Gasteiger partial charge in [0, 0.05) is 0 Å². The molecule has 1 aliphatic carbocycles. The highest BCUT2D eigenvalue weighted by Crippen LogP contribution is 2.31. The van der Waals surface area contributed by atoms with Crippen molar-refractivity contribution in [1.82, 2.24) is 0 Å². The summed E-state index contributed by atoms with van der Waals surface area (Å²) in [5.41, 5.74) is 3.04. The third-order valence-corrected chi connectivity index (χ3v) is 4.79. The molecule has 0 saturated carbocycles. The van der Waals surface area contributed by atoms with Gasteiger partial charge in [-0.2, -0.15) is 13.2 Å². The van der Waals surface area contributed by atoms with Gasteiger partial charge in [0.25, 0.3) is 0 Å². The van der Waals surface area contributed by atoms with Crippen molar-refractivity contribution in [3.63, 3.8) is 0 Å². The van der Waals surface area contributed by atoms with Gasteiger partial charge in [0.1, 0.15) is 0 Å². The van der Waals surface area contributed by atoms with Crippen molar-refractivity contribution in [2.24, 2.45) is 0 Å². The lowest BCUT2D eigenvalue weighted by Gasteiger charge is -2.19. The van der Waals surface area contributed by atoms with Crippen LogP contribution in [0.1, 0.15) is 46.6 Å². The SMILES string of the molecule is O=C(O)C(Cc1ccc(C(F)(F)F)cc1)c1ccc2c(c1)CCCC2. The molecule has 0 bridgehead atoms. The van der Waals surface area contributed by atoms with E-state index in [-0.39, 0.29) is 6.42 Å². The smallest absolute Gasteiger partial charge is 0.416 e. The summed E-state index contributed by atoms with van der Waals surface area (Å²) < 4.78 is 37.9. The van der Waals surface area contributed by atoms with Gasteiger partial charge in [-0.05, 0) is 66.5 Å². The summed E-state index contributed by atoms with van der Waals surface area (Å²) in [6, 6.07) is 10.5. The van der Waals surface area contributed by atoms with Crippen LogP contribution >= 0.6 is 0 Å². The first-order valence-corrected chi connectivity index (χ1v) is 8.35. The Morgan fingerprint density at radius 2 is 1.64 bits per heavy atom. The van der Waals surface area contributed by atoms with Crippen LogP contribution in [0.5, 0.6) is 0 Å². The molecule has 25 heavy (non-hydrogen) atoms. The Morgan fingerprint density at radius 3 is 2.24 bits per heavy atom. The minimum atomic E-state index is -4.39. The number of carboxylic acids is 1. The Morgan fingerprint density at radius 1 is 1.00 bits per heavy atom. The zero-order valence-corrected chi connectivity index (χ0v) is 13.6. The van der Waals surface area contributed by atoms with Gasteiger partial charge in [0.15, 0.2) is 0 Å². The number of carbonyl (C=O) groups is 1. The zero-order chi connectivity index (χ0) is 18.0. The lowest BCUT2D eigenvalue weighted by Crippen LogP contribution is -2.16. The highest BCUT2D eigenvalue weighted by molar-refractivity contribution is 5.76. The Hall–Kier alpha value is -2.30. The van der Waals surface area contributed by atoms with Crippen LogP contribution in [-0.2, 0) is 30.2 Å². The van der Waals surface area contributed by atoms with E-state index in [0.29, 0.717) is 11.1 Å². The number of aryl methyl sites for hydroxylation is 2. The molecule has 0 heterocycles. The van der Waals surface area contributed by atoms with Crippen LogP contribution in [0.25, 0.3) is 0 Å². The monoisotopic (exact) mass is 348 g/mol. The van der Waals surface area contributed by atoms with E-state index in [0.717, 1.165) is 37.8 Å². The Labute approximate surface area is 144 Å². The quantitative estimate of drug-likeness (QED) is 0.845. The number of fused-ring (bicyclic) bond motifs is 1. The van der Waals surface area contributed by atoms with Crippen LogP contribution < -0.4 is 0 Å². The molecular formula is C20H19F3O2. The number of rotatable bonds is 4. The predicted octanol–water partition coefficient (Wildman–Crippen LogP) is 5.00. The standard InChI is InChI=1S/C20H19F3O2/c21-20(22,23)17-9-5-13(6-10-17)11-18(19(24)25)16-8-7-14-3-1-2-4-15(14)12-16/h5-10,12,18H,1-4,11H2,(H,24,25). The van der Waals surface area contributed by atoms with Crippen LogP contribution in [0, 0.1) is 0 Å². The molecule has 1 aliphatic rings. The lowest BCUT2D eigenvalue weighted by molar-refractivity contribution is -0.139. The van der Waals surface area contributed by atoms with Crippen molar-refractivity contribution < 1.29 is 23.1 Å². The van der Waals surface area contributed by atoms with Crippen LogP contribution in [0.3, 0.4) is 0 Å². The number of hydrogen-bond acceptors (Lipinski definition) is 1. The van der Waals surface area contributed by atoms with Gasteiger partial charge >= 0.3 is 12.1 Å². The predicted molar refractivity (Wildman–Crippen MR) is 88.6 cm³/mol. The fourth-order valence-electron chi connectivity index (χ4n) is 3.38. The zero-order valence-electron chi connectivity index (χ0n) is 13.6. The number of alkyl halides is 3. The van der Waals surface area contributed by atoms with Gasteiger partial charge in [0.05, 0.1) is 11.5 Å². The van der Waals surface area contributed by atoms with Crippen molar-refractivity contribution in [2.75, 3.05) is 0 Å². The second kappa shape index (κ2) is 6.90. The average molecular weight is 348 g/mol. The highest BCUT2D eigenvalue weighted by atomic mass is 19.4. The van der Waals surface area contributed by atoms with Gasteiger partial charge in [-0.15, -0.1) is 0 Å². The normalized spacial score (nSPS) is 15.5. The van der Waals surface area contributed by atoms with E-state index in [2.05, 4.69) is 0 Å². The van der Waals surface area contributed by atoms with E-state index in [1.165, 1.54) is 23.3 Å². The fraction of sp³-hybridized carbons (Fsp3) is 0.350. The molecule has 1 atom stereocenters. The van der Waals surface area contributed by atoms with Crippen molar-refractivity contribution in [3.8, 4) is 0 Å². The van der Waals surface area contributed by atoms with Crippen molar-refractivity contribution in [3.05, 3.63) is 70.3 Å². The van der Waals surface area contributed by atoms with Crippen molar-refractivity contribution in [2.45, 2.75) is 44.2 Å². The van der Waals surface area contributed by atoms with E-state index in [4.69, 9.17) is 0 Å². The second-order valence-corrected chi connectivity index (χ2v) is 6.52. The lowest BCUT2D eigenvalue weighted by atomic mass is 9.85. The maximum atomic E-state index is 12.6. The van der Waals surface area contributed by atoms with E-state index < -0.39 is 23.6 Å². The van der Waals surface area contributed by atoms with Gasteiger partial charge in [-0.1, -0.05) is 30.3 Å². The summed E-state index contributed by atoms with van der Waals surface area (Å²) in [5.74, 6) is -1.72. The molecule has 0 aromatic heterocycles. The van der Waals surface area contributed by atoms with Gasteiger partial charge in [-0.25, -0.2) is 0 Å². The summed E-state index contributed by atoms with van der Waals surface area (Å²) in [4.78, 5) is 11.7. The van der Waals surface area contributed by atoms with Crippen LogP contribution in [-0.4, -0.2) is 11.1 Å². The molecule has 0 saturated heterocycles. The Kier molecular flexibility index (Phi) is 4.84. The maximum Gasteiger partial charge on any atom is 0.416 e. The minimum Gasteiger partial charge on any atom is -0.481 e. The molecule has 0 aliphatic heterocycles. The molecular weight excluding hydrogens is 329 g/mol. The summed E-state index contributed by atoms with van der Waals surface area (Å²) in [5, 5.41) is 9.60. The maximum absolute atomic E-state index is 12.6. The van der Waals surface area contributed by atoms with Crippen LogP contribution in [0.2, 0.25) is 0 Å². The molecule has 2 nitrogen and oxygen atoms in total. The first-order chi connectivity index (χ1) is 11.8. The molecule has 3 rings (SSSR count). The molecule has 132 valence electrons. The van der Waals surface area contributed by atoms with Gasteiger partial charge < -0.3 is 5.11 Å². The molecule has 1 unspecified atom stereocenters. The number of halogens is 3. The van der Waals surface area contributed by atoms with Crippen LogP contribution in [0.15, 0.2) is 42.5 Å². The Bertz CT molecular complexity index is 764. The van der Waals surface area contributed by atoms with E-state index in [9.17, 15) is 23.1 Å². The first kappa shape index (κ1) is 17.5. The van der Waals surface area contributed by atoms with Crippen molar-refractivity contribution in [1.29, 1.82) is 0 Å². The second-order valence-electron chi connectivity index (χ2n) is 6.52. The number of carboxylic acid groups (broad SMARTS) is 1. The molecule has 1 N–H and O–H groups in total. The summed E-state index contributed by atoms with van der Waals surface area (Å²) in [6.45, 7) is 0. The van der Waals surface area contributed by atoms with E-state index in [1.807, 2.05) is 18.2 Å². The van der Waals surface area contributed by atoms with Crippen LogP contribution in [0.4, 0.5) is 13.2 Å². The molecule has 0 radical (unpaired) electrons. The molecule has 2 aromatic rings. The topological polar surface area (TPSA) is 37.3 Å². The summed E-state index contributed by atoms with van der Waals surface area (Å²) in [7, 11) is 0. The average Bonchev–Trinajstić information content (AvgIpc) is 2.58. The fourth-order valence-corrected chi connectivity index (χ4v) is 3.38. The number of hydrogen-bond donors (Lipinski definition) is 1. The van der Waals surface area contributed by atoms with E-state index >= 15 is 0 Å². The van der Waals surface area contributed by atoms with E-state index in [1.54, 1.807) is 0 Å². The van der Waals surface area contributed by atoms with Gasteiger partial charge in [-0.3, -0.25) is 4.79 Å². The molecule has 0 amide bonds. The molecule has 2 aromatic carbocycles. The molecule has 0 spiro atoms. The summed E-state index contributed by atoms with van der Waals surface area (Å²) >= 11 is 0. The summed E-state index contributed by atoms with van der Waals surface area (Å²) in [6.07, 6.45) is 0.0187.